The third-order valence-corrected chi connectivity index (χ3v) is 3.90. The molecule has 2 aliphatic rings. The molecule has 0 radical (unpaired) electrons. The lowest BCUT2D eigenvalue weighted by Gasteiger charge is -2.17. The minimum absolute atomic E-state index is 0.957. The van der Waals surface area contributed by atoms with Crippen LogP contribution in [0.1, 0.15) is 44.9 Å². The standard InChI is InChI=1S/C14H22/c1-2-3-4-5-6-7-13-10-12-8-9-14(13)11-12/h2,8-9,12-14H,1,3-7,10-11H2. The Bertz CT molecular complexity index is 214. The maximum atomic E-state index is 3.76. The maximum Gasteiger partial charge on any atom is -0.0199 e. The molecule has 2 bridgehead atoms. The molecule has 0 nitrogen and oxygen atoms in total. The Kier molecular flexibility index (Phi) is 3.44. The van der Waals surface area contributed by atoms with E-state index in [0.29, 0.717) is 0 Å². The van der Waals surface area contributed by atoms with E-state index in [1.165, 1.54) is 44.9 Å². The summed E-state index contributed by atoms with van der Waals surface area (Å²) >= 11 is 0. The first kappa shape index (κ1) is 10.0. The van der Waals surface area contributed by atoms with Crippen molar-refractivity contribution in [2.75, 3.05) is 0 Å². The highest BCUT2D eigenvalue weighted by atomic mass is 14.4. The predicted octanol–water partition coefficient (Wildman–Crippen LogP) is 4.34. The number of hydrogen-bond acceptors (Lipinski definition) is 0. The number of unbranched alkanes of at least 4 members (excludes halogenated alkanes) is 3. The molecular weight excluding hydrogens is 168 g/mol. The fourth-order valence-corrected chi connectivity index (χ4v) is 3.10. The zero-order valence-electron chi connectivity index (χ0n) is 9.12. The Labute approximate surface area is 88.1 Å². The Balaban J connectivity index is 1.58. The van der Waals surface area contributed by atoms with Crippen molar-refractivity contribution in [3.05, 3.63) is 24.8 Å². The average Bonchev–Trinajstić information content (AvgIpc) is 2.79. The van der Waals surface area contributed by atoms with Crippen LogP contribution in [0.2, 0.25) is 0 Å². The van der Waals surface area contributed by atoms with Gasteiger partial charge in [0.25, 0.3) is 0 Å². The second-order valence-electron chi connectivity index (χ2n) is 4.97. The van der Waals surface area contributed by atoms with Gasteiger partial charge in [-0.1, -0.05) is 31.1 Å². The van der Waals surface area contributed by atoms with Crippen molar-refractivity contribution in [1.29, 1.82) is 0 Å². The van der Waals surface area contributed by atoms with Gasteiger partial charge in [0, 0.05) is 0 Å². The van der Waals surface area contributed by atoms with Gasteiger partial charge in [0.1, 0.15) is 0 Å². The van der Waals surface area contributed by atoms with Gasteiger partial charge in [-0.15, -0.1) is 6.58 Å². The number of rotatable bonds is 6. The van der Waals surface area contributed by atoms with Crippen LogP contribution in [0.3, 0.4) is 0 Å². The molecule has 0 spiro atoms. The molecule has 2 rings (SSSR count). The highest BCUT2D eigenvalue weighted by Crippen LogP contribution is 2.45. The van der Waals surface area contributed by atoms with Crippen molar-refractivity contribution in [1.82, 2.24) is 0 Å². The van der Waals surface area contributed by atoms with Crippen LogP contribution >= 0.6 is 0 Å². The van der Waals surface area contributed by atoms with Gasteiger partial charge in [0.15, 0.2) is 0 Å². The first-order valence-corrected chi connectivity index (χ1v) is 6.19. The van der Waals surface area contributed by atoms with E-state index in [1.807, 2.05) is 6.08 Å². The summed E-state index contributed by atoms with van der Waals surface area (Å²) in [5.74, 6) is 2.95. The van der Waals surface area contributed by atoms with E-state index in [1.54, 1.807) is 0 Å². The summed E-state index contributed by atoms with van der Waals surface area (Å²) in [5.41, 5.74) is 0. The molecule has 2 aliphatic carbocycles. The van der Waals surface area contributed by atoms with Crippen LogP contribution in [0.5, 0.6) is 0 Å². The molecule has 14 heavy (non-hydrogen) atoms. The summed E-state index contributed by atoms with van der Waals surface area (Å²) in [6.07, 6.45) is 16.8. The molecule has 3 unspecified atom stereocenters. The van der Waals surface area contributed by atoms with Crippen LogP contribution in [0.15, 0.2) is 24.8 Å². The van der Waals surface area contributed by atoms with Crippen molar-refractivity contribution < 1.29 is 0 Å². The van der Waals surface area contributed by atoms with Crippen molar-refractivity contribution >= 4 is 0 Å². The quantitative estimate of drug-likeness (QED) is 0.432. The minimum atomic E-state index is 0.957. The molecular formula is C14H22. The van der Waals surface area contributed by atoms with Crippen LogP contribution in [-0.4, -0.2) is 0 Å². The zero-order chi connectivity index (χ0) is 9.80. The first-order valence-electron chi connectivity index (χ1n) is 6.19. The van der Waals surface area contributed by atoms with Crippen LogP contribution in [0.4, 0.5) is 0 Å². The fraction of sp³-hybridized carbons (Fsp3) is 0.714. The van der Waals surface area contributed by atoms with E-state index in [4.69, 9.17) is 0 Å². The Morgan fingerprint density at radius 3 is 2.71 bits per heavy atom. The number of hydrogen-bond donors (Lipinski definition) is 0. The smallest absolute Gasteiger partial charge is 0.0199 e. The SMILES string of the molecule is C=CCCCCCC1CC2C=CC1C2. The molecule has 0 N–H and O–H groups in total. The summed E-state index contributed by atoms with van der Waals surface area (Å²) < 4.78 is 0. The highest BCUT2D eigenvalue weighted by molar-refractivity contribution is 5.09. The molecule has 0 heteroatoms. The van der Waals surface area contributed by atoms with Crippen LogP contribution in [-0.2, 0) is 0 Å². The van der Waals surface area contributed by atoms with Gasteiger partial charge in [-0.3, -0.25) is 0 Å². The molecule has 1 fully saturated rings. The third kappa shape index (κ3) is 2.29. The second kappa shape index (κ2) is 4.82. The lowest BCUT2D eigenvalue weighted by Crippen LogP contribution is -2.06. The summed E-state index contributed by atoms with van der Waals surface area (Å²) in [6, 6.07) is 0. The molecule has 1 saturated carbocycles. The molecule has 0 aromatic carbocycles. The monoisotopic (exact) mass is 190 g/mol. The third-order valence-electron chi connectivity index (χ3n) is 3.90. The molecule has 0 amide bonds. The van der Waals surface area contributed by atoms with E-state index >= 15 is 0 Å². The van der Waals surface area contributed by atoms with Gasteiger partial charge in [-0.05, 0) is 49.9 Å². The van der Waals surface area contributed by atoms with Gasteiger partial charge in [-0.25, -0.2) is 0 Å². The Hall–Kier alpha value is -0.520. The molecule has 3 atom stereocenters. The summed E-state index contributed by atoms with van der Waals surface area (Å²) in [4.78, 5) is 0. The van der Waals surface area contributed by atoms with Gasteiger partial charge < -0.3 is 0 Å². The summed E-state index contributed by atoms with van der Waals surface area (Å²) in [7, 11) is 0. The number of fused-ring (bicyclic) bond motifs is 2. The van der Waals surface area contributed by atoms with E-state index in [2.05, 4.69) is 18.7 Å². The molecule has 0 aliphatic heterocycles. The maximum absolute atomic E-state index is 3.76. The largest absolute Gasteiger partial charge is 0.103 e. The van der Waals surface area contributed by atoms with Gasteiger partial charge in [0.05, 0.1) is 0 Å². The summed E-state index contributed by atoms with van der Waals surface area (Å²) in [6.45, 7) is 3.76. The van der Waals surface area contributed by atoms with E-state index in [-0.39, 0.29) is 0 Å². The van der Waals surface area contributed by atoms with Crippen LogP contribution in [0.25, 0.3) is 0 Å². The van der Waals surface area contributed by atoms with E-state index < -0.39 is 0 Å². The number of allylic oxidation sites excluding steroid dienone is 3. The van der Waals surface area contributed by atoms with Crippen molar-refractivity contribution in [2.45, 2.75) is 44.9 Å². The van der Waals surface area contributed by atoms with Crippen molar-refractivity contribution in [3.8, 4) is 0 Å². The fourth-order valence-electron chi connectivity index (χ4n) is 3.10. The highest BCUT2D eigenvalue weighted by Gasteiger charge is 2.34. The second-order valence-corrected chi connectivity index (χ2v) is 4.97. The predicted molar refractivity (Wildman–Crippen MR) is 62.1 cm³/mol. The molecule has 78 valence electrons. The van der Waals surface area contributed by atoms with Gasteiger partial charge >= 0.3 is 0 Å². The average molecular weight is 190 g/mol. The molecule has 0 heterocycles. The Morgan fingerprint density at radius 2 is 2.07 bits per heavy atom. The topological polar surface area (TPSA) is 0 Å². The molecule has 0 aromatic heterocycles. The van der Waals surface area contributed by atoms with Gasteiger partial charge in [-0.2, -0.15) is 0 Å². The van der Waals surface area contributed by atoms with E-state index in [0.717, 1.165) is 17.8 Å². The van der Waals surface area contributed by atoms with E-state index in [9.17, 15) is 0 Å². The molecule has 0 saturated heterocycles. The summed E-state index contributed by atoms with van der Waals surface area (Å²) in [5, 5.41) is 0. The van der Waals surface area contributed by atoms with Crippen LogP contribution in [0, 0.1) is 17.8 Å². The zero-order valence-corrected chi connectivity index (χ0v) is 9.12. The van der Waals surface area contributed by atoms with Gasteiger partial charge in [0.2, 0.25) is 0 Å². The van der Waals surface area contributed by atoms with Crippen molar-refractivity contribution in [2.24, 2.45) is 17.8 Å². The lowest BCUT2D eigenvalue weighted by molar-refractivity contribution is 0.396. The normalized spacial score (nSPS) is 33.9. The van der Waals surface area contributed by atoms with Crippen LogP contribution < -0.4 is 0 Å². The molecule has 0 aromatic rings. The van der Waals surface area contributed by atoms with Crippen molar-refractivity contribution in [3.63, 3.8) is 0 Å². The minimum Gasteiger partial charge on any atom is -0.103 e. The Morgan fingerprint density at radius 1 is 1.14 bits per heavy atom. The first-order chi connectivity index (χ1) is 6.90. The lowest BCUT2D eigenvalue weighted by atomic mass is 9.88.